The molecule has 24 heavy (non-hydrogen) atoms. The van der Waals surface area contributed by atoms with Gasteiger partial charge in [0.15, 0.2) is 5.78 Å². The molecule has 0 unspecified atom stereocenters. The van der Waals surface area contributed by atoms with Crippen LogP contribution in [0.4, 0.5) is 0 Å². The Balaban J connectivity index is 2.49. The Morgan fingerprint density at radius 2 is 1.71 bits per heavy atom. The van der Waals surface area contributed by atoms with Gasteiger partial charge in [-0.05, 0) is 48.7 Å². The van der Waals surface area contributed by atoms with Crippen molar-refractivity contribution in [3.05, 3.63) is 57.2 Å². The van der Waals surface area contributed by atoms with Crippen LogP contribution in [0.25, 0.3) is 21.9 Å². The van der Waals surface area contributed by atoms with Crippen molar-refractivity contribution in [3.63, 3.8) is 0 Å². The zero-order valence-electron chi connectivity index (χ0n) is 13.5. The first kappa shape index (κ1) is 15.9. The lowest BCUT2D eigenvalue weighted by Crippen LogP contribution is -2.08. The van der Waals surface area contributed by atoms with Crippen LogP contribution in [0.15, 0.2) is 39.5 Å². The molecule has 1 aromatic heterocycles. The number of carboxylic acid groups (broad SMARTS) is 1. The molecule has 2 aromatic carbocycles. The number of carbonyl (C=O) groups excluding carboxylic acids is 1. The second-order valence-corrected chi connectivity index (χ2v) is 6.10. The average Bonchev–Trinajstić information content (AvgIpc) is 2.53. The van der Waals surface area contributed by atoms with Gasteiger partial charge in [-0.25, -0.2) is 4.79 Å². The molecule has 0 saturated carbocycles. The molecule has 0 bridgehead atoms. The van der Waals surface area contributed by atoms with Crippen molar-refractivity contribution in [3.8, 4) is 0 Å². The van der Waals surface area contributed by atoms with E-state index in [4.69, 9.17) is 9.52 Å². The van der Waals surface area contributed by atoms with Gasteiger partial charge < -0.3 is 9.52 Å². The third kappa shape index (κ3) is 2.48. The molecule has 0 fully saturated rings. The molecule has 0 radical (unpaired) electrons. The van der Waals surface area contributed by atoms with Gasteiger partial charge in [0.2, 0.25) is 5.43 Å². The van der Waals surface area contributed by atoms with Crippen LogP contribution in [0.2, 0.25) is 0 Å². The molecule has 1 N–H and O–H groups in total. The number of hydrogen-bond donors (Lipinski definition) is 1. The smallest absolute Gasteiger partial charge is 0.335 e. The van der Waals surface area contributed by atoms with E-state index in [0.717, 1.165) is 5.56 Å². The largest absolute Gasteiger partial charge is 0.478 e. The predicted octanol–water partition coefficient (Wildman–Crippen LogP) is 3.97. The SMILES string of the molecule is CC(=O)c1cc(C(C)C)c2oc3ccc(C(=O)O)cc3c(=O)c2c1. The fourth-order valence-corrected chi connectivity index (χ4v) is 2.75. The highest BCUT2D eigenvalue weighted by Gasteiger charge is 2.17. The van der Waals surface area contributed by atoms with E-state index in [9.17, 15) is 14.4 Å². The van der Waals surface area contributed by atoms with Gasteiger partial charge in [0, 0.05) is 5.56 Å². The highest BCUT2D eigenvalue weighted by molar-refractivity contribution is 6.01. The Morgan fingerprint density at radius 1 is 1.04 bits per heavy atom. The van der Waals surface area contributed by atoms with Crippen molar-refractivity contribution in [2.75, 3.05) is 0 Å². The van der Waals surface area contributed by atoms with Gasteiger partial charge in [0.25, 0.3) is 0 Å². The summed E-state index contributed by atoms with van der Waals surface area (Å²) in [6.45, 7) is 5.35. The van der Waals surface area contributed by atoms with Crippen molar-refractivity contribution in [1.82, 2.24) is 0 Å². The van der Waals surface area contributed by atoms with Gasteiger partial charge in [0.05, 0.1) is 16.3 Å². The van der Waals surface area contributed by atoms with Crippen LogP contribution in [0.3, 0.4) is 0 Å². The molecule has 0 amide bonds. The van der Waals surface area contributed by atoms with E-state index in [1.165, 1.54) is 31.2 Å². The second-order valence-electron chi connectivity index (χ2n) is 6.10. The summed E-state index contributed by atoms with van der Waals surface area (Å²) in [5.74, 6) is -1.19. The summed E-state index contributed by atoms with van der Waals surface area (Å²) in [6, 6.07) is 7.46. The number of fused-ring (bicyclic) bond motifs is 2. The highest BCUT2D eigenvalue weighted by Crippen LogP contribution is 2.29. The monoisotopic (exact) mass is 324 g/mol. The first-order valence-corrected chi connectivity index (χ1v) is 7.58. The zero-order valence-corrected chi connectivity index (χ0v) is 13.5. The van der Waals surface area contributed by atoms with Gasteiger partial charge in [0.1, 0.15) is 11.2 Å². The standard InChI is InChI=1S/C19H16O5/c1-9(2)13-7-12(10(3)20)8-15-17(21)14-6-11(19(22)23)4-5-16(14)24-18(13)15/h4-9H,1-3H3,(H,22,23). The van der Waals surface area contributed by atoms with Gasteiger partial charge in [-0.3, -0.25) is 9.59 Å². The minimum absolute atomic E-state index is 0.0148. The van der Waals surface area contributed by atoms with Crippen molar-refractivity contribution >= 4 is 33.7 Å². The summed E-state index contributed by atoms with van der Waals surface area (Å²) in [4.78, 5) is 35.7. The lowest BCUT2D eigenvalue weighted by molar-refractivity contribution is 0.0697. The topological polar surface area (TPSA) is 84.6 Å². The molecule has 0 saturated heterocycles. The summed E-state index contributed by atoms with van der Waals surface area (Å²) in [5.41, 5.74) is 1.66. The normalized spacial score (nSPS) is 11.3. The summed E-state index contributed by atoms with van der Waals surface area (Å²) in [5, 5.41) is 9.59. The average molecular weight is 324 g/mol. The van der Waals surface area contributed by atoms with Crippen LogP contribution in [0.1, 0.15) is 53.0 Å². The summed E-state index contributed by atoms with van der Waals surface area (Å²) < 4.78 is 5.88. The quantitative estimate of drug-likeness (QED) is 0.582. The maximum Gasteiger partial charge on any atom is 0.335 e. The number of hydrogen-bond acceptors (Lipinski definition) is 4. The van der Waals surface area contributed by atoms with Gasteiger partial charge in [-0.15, -0.1) is 0 Å². The van der Waals surface area contributed by atoms with E-state index in [0.29, 0.717) is 22.1 Å². The Bertz CT molecular complexity index is 1060. The molecule has 3 rings (SSSR count). The third-order valence-electron chi connectivity index (χ3n) is 4.07. The minimum Gasteiger partial charge on any atom is -0.478 e. The van der Waals surface area contributed by atoms with Crippen LogP contribution in [0, 0.1) is 0 Å². The number of ketones is 1. The second kappa shape index (κ2) is 5.60. The van der Waals surface area contributed by atoms with E-state index >= 15 is 0 Å². The van der Waals surface area contributed by atoms with E-state index in [-0.39, 0.29) is 28.1 Å². The lowest BCUT2D eigenvalue weighted by atomic mass is 9.95. The first-order chi connectivity index (χ1) is 11.3. The summed E-state index contributed by atoms with van der Waals surface area (Å²) in [7, 11) is 0. The van der Waals surface area contributed by atoms with E-state index in [1.54, 1.807) is 6.07 Å². The van der Waals surface area contributed by atoms with E-state index in [2.05, 4.69) is 0 Å². The number of aromatic carboxylic acids is 1. The van der Waals surface area contributed by atoms with Crippen molar-refractivity contribution < 1.29 is 19.1 Å². The van der Waals surface area contributed by atoms with Gasteiger partial charge in [-0.2, -0.15) is 0 Å². The van der Waals surface area contributed by atoms with Crippen molar-refractivity contribution in [2.24, 2.45) is 0 Å². The molecule has 0 aliphatic rings. The molecular weight excluding hydrogens is 308 g/mol. The Labute approximate surface area is 137 Å². The number of rotatable bonds is 3. The number of Topliss-reactive ketones (excluding diaryl/α,β-unsaturated/α-hetero) is 1. The molecule has 0 aliphatic carbocycles. The molecule has 5 heteroatoms. The first-order valence-electron chi connectivity index (χ1n) is 7.58. The number of carbonyl (C=O) groups is 2. The number of benzene rings is 2. The summed E-state index contributed by atoms with van der Waals surface area (Å²) >= 11 is 0. The van der Waals surface area contributed by atoms with Crippen molar-refractivity contribution in [1.29, 1.82) is 0 Å². The lowest BCUT2D eigenvalue weighted by Gasteiger charge is -2.12. The van der Waals surface area contributed by atoms with Crippen LogP contribution in [0.5, 0.6) is 0 Å². The Hall–Kier alpha value is -2.95. The third-order valence-corrected chi connectivity index (χ3v) is 4.07. The van der Waals surface area contributed by atoms with Crippen LogP contribution >= 0.6 is 0 Å². The van der Waals surface area contributed by atoms with Gasteiger partial charge >= 0.3 is 5.97 Å². The zero-order chi connectivity index (χ0) is 17.6. The molecule has 1 heterocycles. The van der Waals surface area contributed by atoms with E-state index in [1.807, 2.05) is 13.8 Å². The van der Waals surface area contributed by atoms with Crippen molar-refractivity contribution in [2.45, 2.75) is 26.7 Å². The molecule has 5 nitrogen and oxygen atoms in total. The fraction of sp³-hybridized carbons (Fsp3) is 0.211. The molecule has 0 spiro atoms. The predicted molar refractivity (Wildman–Crippen MR) is 91.0 cm³/mol. The maximum atomic E-state index is 12.8. The van der Waals surface area contributed by atoms with Crippen LogP contribution in [-0.4, -0.2) is 16.9 Å². The summed E-state index contributed by atoms with van der Waals surface area (Å²) in [6.07, 6.45) is 0. The molecule has 122 valence electrons. The molecule has 3 aromatic rings. The molecular formula is C19H16O5. The molecule has 0 atom stereocenters. The highest BCUT2D eigenvalue weighted by atomic mass is 16.4. The Morgan fingerprint density at radius 3 is 2.29 bits per heavy atom. The number of carboxylic acids is 1. The van der Waals surface area contributed by atoms with E-state index < -0.39 is 5.97 Å². The fourth-order valence-electron chi connectivity index (χ4n) is 2.75. The molecule has 0 aliphatic heterocycles. The van der Waals surface area contributed by atoms with Gasteiger partial charge in [-0.1, -0.05) is 13.8 Å². The maximum absolute atomic E-state index is 12.8. The van der Waals surface area contributed by atoms with Crippen LogP contribution in [-0.2, 0) is 0 Å². The minimum atomic E-state index is -1.11. The van der Waals surface area contributed by atoms with Crippen LogP contribution < -0.4 is 5.43 Å². The Kier molecular flexibility index (Phi) is 3.72.